The molecule has 1 aromatic carbocycles. The van der Waals surface area contributed by atoms with Gasteiger partial charge in [-0.15, -0.1) is 0 Å². The Labute approximate surface area is 169 Å². The van der Waals surface area contributed by atoms with Gasteiger partial charge in [-0.05, 0) is 37.0 Å². The van der Waals surface area contributed by atoms with Crippen molar-refractivity contribution < 1.29 is 19.5 Å². The minimum Gasteiger partial charge on any atom is -0.481 e. The van der Waals surface area contributed by atoms with E-state index < -0.39 is 11.9 Å². The van der Waals surface area contributed by atoms with E-state index in [2.05, 4.69) is 5.10 Å². The molecule has 1 saturated heterocycles. The number of carbonyl (C=O) groups excluding carboxylic acids is 2. The quantitative estimate of drug-likeness (QED) is 0.764. The molecule has 8 nitrogen and oxygen atoms in total. The van der Waals surface area contributed by atoms with Gasteiger partial charge in [0.2, 0.25) is 11.8 Å². The third kappa shape index (κ3) is 5.43. The van der Waals surface area contributed by atoms with Gasteiger partial charge in [0.05, 0.1) is 24.3 Å². The third-order valence-electron chi connectivity index (χ3n) is 5.21. The second-order valence-electron chi connectivity index (χ2n) is 7.40. The lowest BCUT2D eigenvalue weighted by Gasteiger charge is -2.32. The SMILES string of the molecule is CN(CC(=O)N1CCCC(C(=O)O)C1)C(=O)CCc1cnn(-c2ccccc2)c1. The van der Waals surface area contributed by atoms with E-state index in [1.165, 1.54) is 4.90 Å². The van der Waals surface area contributed by atoms with Gasteiger partial charge in [-0.3, -0.25) is 14.4 Å². The predicted octanol–water partition coefficient (Wildman–Crippen LogP) is 1.59. The molecule has 1 fully saturated rings. The Balaban J connectivity index is 1.47. The first-order chi connectivity index (χ1) is 13.9. The number of amides is 2. The van der Waals surface area contributed by atoms with Gasteiger partial charge in [-0.2, -0.15) is 5.10 Å². The van der Waals surface area contributed by atoms with Crippen LogP contribution in [0.2, 0.25) is 0 Å². The summed E-state index contributed by atoms with van der Waals surface area (Å²) < 4.78 is 1.77. The van der Waals surface area contributed by atoms with Crippen molar-refractivity contribution in [1.29, 1.82) is 0 Å². The molecule has 8 heteroatoms. The van der Waals surface area contributed by atoms with E-state index in [9.17, 15) is 14.4 Å². The maximum Gasteiger partial charge on any atom is 0.308 e. The number of likely N-dealkylation sites (tertiary alicyclic amines) is 1. The summed E-state index contributed by atoms with van der Waals surface area (Å²) in [7, 11) is 1.60. The van der Waals surface area contributed by atoms with Crippen molar-refractivity contribution in [2.24, 2.45) is 5.92 Å². The van der Waals surface area contributed by atoms with Crippen molar-refractivity contribution in [2.45, 2.75) is 25.7 Å². The zero-order chi connectivity index (χ0) is 20.8. The Bertz CT molecular complexity index is 865. The van der Waals surface area contributed by atoms with Crippen LogP contribution >= 0.6 is 0 Å². The van der Waals surface area contributed by atoms with Crippen molar-refractivity contribution in [3.8, 4) is 5.69 Å². The molecule has 1 N–H and O–H groups in total. The number of hydrogen-bond donors (Lipinski definition) is 1. The van der Waals surface area contributed by atoms with Gasteiger partial charge in [-0.25, -0.2) is 4.68 Å². The van der Waals surface area contributed by atoms with Crippen molar-refractivity contribution in [3.05, 3.63) is 48.3 Å². The maximum absolute atomic E-state index is 12.4. The fraction of sp³-hybridized carbons (Fsp3) is 0.429. The van der Waals surface area contributed by atoms with Gasteiger partial charge in [0.1, 0.15) is 0 Å². The Morgan fingerprint density at radius 3 is 2.72 bits per heavy atom. The number of aryl methyl sites for hydroxylation is 1. The fourth-order valence-electron chi connectivity index (χ4n) is 3.45. The van der Waals surface area contributed by atoms with E-state index in [0.717, 1.165) is 11.3 Å². The van der Waals surface area contributed by atoms with Gasteiger partial charge in [0, 0.05) is 32.8 Å². The molecular weight excluding hydrogens is 372 g/mol. The second-order valence-corrected chi connectivity index (χ2v) is 7.40. The summed E-state index contributed by atoms with van der Waals surface area (Å²) in [6.07, 6.45) is 5.71. The Kier molecular flexibility index (Phi) is 6.64. The van der Waals surface area contributed by atoms with Crippen molar-refractivity contribution in [2.75, 3.05) is 26.7 Å². The molecule has 0 spiro atoms. The van der Waals surface area contributed by atoms with Crippen LogP contribution in [0.5, 0.6) is 0 Å². The Hall–Kier alpha value is -3.16. The molecule has 2 amide bonds. The summed E-state index contributed by atoms with van der Waals surface area (Å²) in [5, 5.41) is 13.5. The monoisotopic (exact) mass is 398 g/mol. The standard InChI is InChI=1S/C21H26N4O4/c1-23(15-20(27)24-11-5-6-17(14-24)21(28)29)19(26)10-9-16-12-22-25(13-16)18-7-3-2-4-8-18/h2-4,7-8,12-13,17H,5-6,9-11,14-15H2,1H3,(H,28,29). The molecule has 1 unspecified atom stereocenters. The number of piperidine rings is 1. The zero-order valence-electron chi connectivity index (χ0n) is 16.5. The molecule has 29 heavy (non-hydrogen) atoms. The molecule has 2 aromatic rings. The van der Waals surface area contributed by atoms with E-state index in [4.69, 9.17) is 5.11 Å². The third-order valence-corrected chi connectivity index (χ3v) is 5.21. The second kappa shape index (κ2) is 9.36. The number of rotatable bonds is 7. The van der Waals surface area contributed by atoms with E-state index in [1.54, 1.807) is 22.8 Å². The smallest absolute Gasteiger partial charge is 0.308 e. The van der Waals surface area contributed by atoms with E-state index >= 15 is 0 Å². The van der Waals surface area contributed by atoms with E-state index in [-0.39, 0.29) is 31.3 Å². The largest absolute Gasteiger partial charge is 0.481 e. The number of nitrogens with zero attached hydrogens (tertiary/aromatic N) is 4. The zero-order valence-corrected chi connectivity index (χ0v) is 16.5. The fourth-order valence-corrected chi connectivity index (χ4v) is 3.45. The first-order valence-electron chi connectivity index (χ1n) is 9.77. The number of carboxylic acid groups (broad SMARTS) is 1. The van der Waals surface area contributed by atoms with E-state index in [0.29, 0.717) is 25.8 Å². The molecule has 0 saturated carbocycles. The number of likely N-dealkylation sites (N-methyl/N-ethyl adjacent to an activating group) is 1. The van der Waals surface area contributed by atoms with Gasteiger partial charge in [0.25, 0.3) is 0 Å². The van der Waals surface area contributed by atoms with Gasteiger partial charge >= 0.3 is 5.97 Å². The van der Waals surface area contributed by atoms with Crippen molar-refractivity contribution in [1.82, 2.24) is 19.6 Å². The molecule has 0 aliphatic carbocycles. The summed E-state index contributed by atoms with van der Waals surface area (Å²) in [5.41, 5.74) is 1.90. The van der Waals surface area contributed by atoms with E-state index in [1.807, 2.05) is 36.5 Å². The lowest BCUT2D eigenvalue weighted by Crippen LogP contribution is -2.46. The van der Waals surface area contributed by atoms with Gasteiger partial charge in [0.15, 0.2) is 0 Å². The summed E-state index contributed by atoms with van der Waals surface area (Å²) in [4.78, 5) is 39.0. The van der Waals surface area contributed by atoms with Crippen molar-refractivity contribution >= 4 is 17.8 Å². The molecule has 2 heterocycles. The Morgan fingerprint density at radius 2 is 2.00 bits per heavy atom. The number of hydrogen-bond acceptors (Lipinski definition) is 4. The van der Waals surface area contributed by atoms with Crippen molar-refractivity contribution in [3.63, 3.8) is 0 Å². The molecule has 1 atom stereocenters. The molecule has 3 rings (SSSR count). The minimum atomic E-state index is -0.872. The number of carboxylic acids is 1. The summed E-state index contributed by atoms with van der Waals surface area (Å²) in [6, 6.07) is 9.73. The molecule has 0 bridgehead atoms. The van der Waals surface area contributed by atoms with Crippen LogP contribution in [0.15, 0.2) is 42.7 Å². The number of benzene rings is 1. The van der Waals surface area contributed by atoms with Crippen LogP contribution in [0.25, 0.3) is 5.69 Å². The van der Waals surface area contributed by atoms with Crippen LogP contribution in [0.4, 0.5) is 0 Å². The molecule has 1 aliphatic heterocycles. The van der Waals surface area contributed by atoms with Crippen LogP contribution in [0.1, 0.15) is 24.8 Å². The highest BCUT2D eigenvalue weighted by Crippen LogP contribution is 2.17. The van der Waals surface area contributed by atoms with Gasteiger partial charge < -0.3 is 14.9 Å². The number of carbonyl (C=O) groups is 3. The highest BCUT2D eigenvalue weighted by Gasteiger charge is 2.28. The predicted molar refractivity (Wildman–Crippen MR) is 106 cm³/mol. The number of para-hydroxylation sites is 1. The average Bonchev–Trinajstić information content (AvgIpc) is 3.21. The highest BCUT2D eigenvalue weighted by molar-refractivity contribution is 5.85. The topological polar surface area (TPSA) is 95.7 Å². The summed E-state index contributed by atoms with van der Waals surface area (Å²) >= 11 is 0. The average molecular weight is 398 g/mol. The van der Waals surface area contributed by atoms with Gasteiger partial charge in [-0.1, -0.05) is 18.2 Å². The first-order valence-corrected chi connectivity index (χ1v) is 9.77. The molecule has 0 radical (unpaired) electrons. The Morgan fingerprint density at radius 1 is 1.24 bits per heavy atom. The summed E-state index contributed by atoms with van der Waals surface area (Å²) in [6.45, 7) is 0.729. The molecule has 1 aliphatic rings. The van der Waals surface area contributed by atoms with Crippen LogP contribution in [0, 0.1) is 5.92 Å². The normalized spacial score (nSPS) is 16.4. The first kappa shape index (κ1) is 20.6. The number of aromatic nitrogens is 2. The highest BCUT2D eigenvalue weighted by atomic mass is 16.4. The minimum absolute atomic E-state index is 0.0333. The maximum atomic E-state index is 12.4. The number of aliphatic carboxylic acids is 1. The lowest BCUT2D eigenvalue weighted by atomic mass is 9.98. The van der Waals surface area contributed by atoms with Crippen LogP contribution in [-0.4, -0.2) is 69.2 Å². The molecular formula is C21H26N4O4. The van der Waals surface area contributed by atoms with Crippen LogP contribution < -0.4 is 0 Å². The lowest BCUT2D eigenvalue weighted by molar-refractivity contribution is -0.147. The van der Waals surface area contributed by atoms with Crippen LogP contribution in [0.3, 0.4) is 0 Å². The molecule has 1 aromatic heterocycles. The summed E-state index contributed by atoms with van der Waals surface area (Å²) in [5.74, 6) is -1.72. The van der Waals surface area contributed by atoms with Crippen LogP contribution in [-0.2, 0) is 20.8 Å². The molecule has 154 valence electrons.